The van der Waals surface area contributed by atoms with Crippen molar-refractivity contribution in [2.75, 3.05) is 5.32 Å². The Morgan fingerprint density at radius 3 is 2.32 bits per heavy atom. The zero-order valence-corrected chi connectivity index (χ0v) is 13.8. The van der Waals surface area contributed by atoms with Gasteiger partial charge in [0.15, 0.2) is 11.5 Å². The third-order valence-corrected chi connectivity index (χ3v) is 3.95. The minimum Gasteiger partial charge on any atom is -0.482 e. The number of aryl methyl sites for hydroxylation is 1. The highest BCUT2D eigenvalue weighted by Crippen LogP contribution is 2.33. The van der Waals surface area contributed by atoms with E-state index in [1.165, 1.54) is 0 Å². The van der Waals surface area contributed by atoms with Crippen molar-refractivity contribution in [1.82, 2.24) is 0 Å². The van der Waals surface area contributed by atoms with Crippen LogP contribution in [0.3, 0.4) is 0 Å². The van der Waals surface area contributed by atoms with Gasteiger partial charge in [-0.2, -0.15) is 0 Å². The maximum Gasteiger partial charge on any atom is 0.303 e. The van der Waals surface area contributed by atoms with E-state index >= 15 is 0 Å². The van der Waals surface area contributed by atoms with Crippen LogP contribution in [0.5, 0.6) is 11.5 Å². The molecule has 2 unspecified atom stereocenters. The maximum absolute atomic E-state index is 12.5. The lowest BCUT2D eigenvalue weighted by Crippen LogP contribution is -2.46. The van der Waals surface area contributed by atoms with Gasteiger partial charge < -0.3 is 19.9 Å². The summed E-state index contributed by atoms with van der Waals surface area (Å²) in [5.41, 5.74) is 1.53. The quantitative estimate of drug-likeness (QED) is 0.873. The van der Waals surface area contributed by atoms with Crippen LogP contribution in [0, 0.1) is 0 Å². The summed E-state index contributed by atoms with van der Waals surface area (Å²) >= 11 is 0. The number of hydrogen-bond donors (Lipinski definition) is 2. The Morgan fingerprint density at radius 2 is 1.68 bits per heavy atom. The van der Waals surface area contributed by atoms with Crippen molar-refractivity contribution in [2.24, 2.45) is 0 Å². The van der Waals surface area contributed by atoms with Gasteiger partial charge in [-0.3, -0.25) is 9.59 Å². The number of fused-ring (bicyclic) bond motifs is 1. The van der Waals surface area contributed by atoms with Crippen LogP contribution in [0.1, 0.15) is 18.9 Å². The number of ether oxygens (including phenoxy) is 2. The third-order valence-electron chi connectivity index (χ3n) is 3.95. The van der Waals surface area contributed by atoms with Crippen LogP contribution in [0.4, 0.5) is 5.69 Å². The molecule has 0 bridgehead atoms. The first-order chi connectivity index (χ1) is 12.0. The molecule has 1 amide bonds. The normalized spacial score (nSPS) is 18.4. The average Bonchev–Trinajstić information content (AvgIpc) is 2.60. The second kappa shape index (κ2) is 7.25. The number of benzene rings is 2. The summed E-state index contributed by atoms with van der Waals surface area (Å²) in [5.74, 6) is 0.0491. The average molecular weight is 341 g/mol. The number of carboxylic acid groups (broad SMARTS) is 1. The van der Waals surface area contributed by atoms with E-state index < -0.39 is 18.2 Å². The molecule has 2 N–H and O–H groups in total. The highest BCUT2D eigenvalue weighted by atomic mass is 16.6. The van der Waals surface area contributed by atoms with Gasteiger partial charge in [-0.15, -0.1) is 0 Å². The zero-order valence-electron chi connectivity index (χ0n) is 13.8. The molecule has 25 heavy (non-hydrogen) atoms. The third kappa shape index (κ3) is 4.09. The van der Waals surface area contributed by atoms with Gasteiger partial charge in [-0.05, 0) is 43.2 Å². The van der Waals surface area contributed by atoms with Crippen molar-refractivity contribution in [3.05, 3.63) is 54.1 Å². The summed E-state index contributed by atoms with van der Waals surface area (Å²) in [6, 6.07) is 14.3. The smallest absolute Gasteiger partial charge is 0.303 e. The first-order valence-electron chi connectivity index (χ1n) is 8.07. The second-order valence-electron chi connectivity index (χ2n) is 5.89. The predicted molar refractivity (Wildman–Crippen MR) is 92.0 cm³/mol. The lowest BCUT2D eigenvalue weighted by Gasteiger charge is -2.31. The number of carbonyl (C=O) groups is 2. The van der Waals surface area contributed by atoms with E-state index in [2.05, 4.69) is 5.32 Å². The lowest BCUT2D eigenvalue weighted by molar-refractivity contribution is -0.137. The van der Waals surface area contributed by atoms with Crippen molar-refractivity contribution in [1.29, 1.82) is 0 Å². The van der Waals surface area contributed by atoms with E-state index in [1.54, 1.807) is 43.3 Å². The molecule has 0 saturated carbocycles. The molecule has 6 nitrogen and oxygen atoms in total. The number of carbonyl (C=O) groups excluding carboxylic acids is 1. The van der Waals surface area contributed by atoms with E-state index in [4.69, 9.17) is 14.6 Å². The van der Waals surface area contributed by atoms with E-state index in [0.29, 0.717) is 23.6 Å². The molecule has 2 aromatic carbocycles. The van der Waals surface area contributed by atoms with E-state index in [1.807, 2.05) is 12.1 Å². The largest absolute Gasteiger partial charge is 0.482 e. The van der Waals surface area contributed by atoms with Crippen LogP contribution in [0.25, 0.3) is 0 Å². The summed E-state index contributed by atoms with van der Waals surface area (Å²) in [5, 5.41) is 11.5. The highest BCUT2D eigenvalue weighted by molar-refractivity contribution is 5.95. The van der Waals surface area contributed by atoms with E-state index in [9.17, 15) is 9.59 Å². The SMILES string of the molecule is CC1Oc2ccccc2OC1C(=O)Nc1ccc(CCC(=O)O)cc1. The van der Waals surface area contributed by atoms with Crippen molar-refractivity contribution in [3.63, 3.8) is 0 Å². The molecular formula is C19H19NO5. The van der Waals surface area contributed by atoms with E-state index in [0.717, 1.165) is 5.56 Å². The molecular weight excluding hydrogens is 322 g/mol. The summed E-state index contributed by atoms with van der Waals surface area (Å²) in [6.45, 7) is 1.79. The first kappa shape index (κ1) is 16.8. The molecule has 0 saturated heterocycles. The molecule has 2 aromatic rings. The molecule has 1 heterocycles. The van der Waals surface area contributed by atoms with Gasteiger partial charge in [0.1, 0.15) is 6.10 Å². The highest BCUT2D eigenvalue weighted by Gasteiger charge is 2.34. The van der Waals surface area contributed by atoms with Crippen LogP contribution in [-0.4, -0.2) is 29.2 Å². The Labute approximate surface area is 145 Å². The number of rotatable bonds is 5. The molecule has 1 aliphatic rings. The molecule has 0 radical (unpaired) electrons. The number of anilines is 1. The van der Waals surface area contributed by atoms with Crippen LogP contribution < -0.4 is 14.8 Å². The number of amides is 1. The fraction of sp³-hybridized carbons (Fsp3) is 0.263. The van der Waals surface area contributed by atoms with Gasteiger partial charge in [0, 0.05) is 12.1 Å². The summed E-state index contributed by atoms with van der Waals surface area (Å²) < 4.78 is 11.5. The number of carboxylic acids is 1. The Bertz CT molecular complexity index is 772. The van der Waals surface area contributed by atoms with Crippen molar-refractivity contribution in [2.45, 2.75) is 32.0 Å². The molecule has 0 aromatic heterocycles. The minimum absolute atomic E-state index is 0.0792. The van der Waals surface area contributed by atoms with Gasteiger partial charge in [-0.25, -0.2) is 0 Å². The number of nitrogens with one attached hydrogen (secondary N) is 1. The summed E-state index contributed by atoms with van der Waals surface area (Å²) in [6.07, 6.45) is -0.626. The number of hydrogen-bond acceptors (Lipinski definition) is 4. The van der Waals surface area contributed by atoms with Gasteiger partial charge in [0.2, 0.25) is 6.10 Å². The molecule has 0 fully saturated rings. The van der Waals surface area contributed by atoms with Gasteiger partial charge in [-0.1, -0.05) is 24.3 Å². The van der Waals surface area contributed by atoms with Crippen molar-refractivity contribution < 1.29 is 24.2 Å². The van der Waals surface area contributed by atoms with Gasteiger partial charge >= 0.3 is 5.97 Å². The Morgan fingerprint density at radius 1 is 1.04 bits per heavy atom. The zero-order chi connectivity index (χ0) is 17.8. The van der Waals surface area contributed by atoms with Gasteiger partial charge in [0.25, 0.3) is 5.91 Å². The van der Waals surface area contributed by atoms with E-state index in [-0.39, 0.29) is 12.3 Å². The second-order valence-corrected chi connectivity index (χ2v) is 5.89. The number of para-hydroxylation sites is 2. The molecule has 130 valence electrons. The monoisotopic (exact) mass is 341 g/mol. The Balaban J connectivity index is 1.63. The molecule has 3 rings (SSSR count). The van der Waals surface area contributed by atoms with Crippen LogP contribution >= 0.6 is 0 Å². The van der Waals surface area contributed by atoms with Crippen molar-refractivity contribution in [3.8, 4) is 11.5 Å². The van der Waals surface area contributed by atoms with Crippen LogP contribution in [-0.2, 0) is 16.0 Å². The minimum atomic E-state index is -0.832. The molecule has 2 atom stereocenters. The summed E-state index contributed by atoms with van der Waals surface area (Å²) in [7, 11) is 0. The predicted octanol–water partition coefficient (Wildman–Crippen LogP) is 2.87. The fourth-order valence-electron chi connectivity index (χ4n) is 2.63. The van der Waals surface area contributed by atoms with Crippen molar-refractivity contribution >= 4 is 17.6 Å². The Hall–Kier alpha value is -3.02. The summed E-state index contributed by atoms with van der Waals surface area (Å²) in [4.78, 5) is 23.1. The molecule has 6 heteroatoms. The van der Waals surface area contributed by atoms with Gasteiger partial charge in [0.05, 0.1) is 0 Å². The molecule has 1 aliphatic heterocycles. The topological polar surface area (TPSA) is 84.9 Å². The Kier molecular flexibility index (Phi) is 4.88. The molecule has 0 spiro atoms. The standard InChI is InChI=1S/C19H19NO5/c1-12-18(25-16-5-3-2-4-15(16)24-12)19(23)20-14-9-6-13(7-10-14)8-11-17(21)22/h2-7,9-10,12,18H,8,11H2,1H3,(H,20,23)(H,21,22). The fourth-order valence-corrected chi connectivity index (χ4v) is 2.63. The maximum atomic E-state index is 12.5. The number of aliphatic carboxylic acids is 1. The lowest BCUT2D eigenvalue weighted by atomic mass is 10.1. The molecule has 0 aliphatic carbocycles. The first-order valence-corrected chi connectivity index (χ1v) is 8.07. The van der Waals surface area contributed by atoms with Crippen LogP contribution in [0.2, 0.25) is 0 Å². The van der Waals surface area contributed by atoms with Crippen LogP contribution in [0.15, 0.2) is 48.5 Å².